The number of aromatic nitrogens is 2. The Morgan fingerprint density at radius 2 is 1.88 bits per heavy atom. The average molecular weight is 372 g/mol. The van der Waals surface area contributed by atoms with Crippen molar-refractivity contribution in [1.29, 1.82) is 0 Å². The van der Waals surface area contributed by atoms with Gasteiger partial charge in [0.25, 0.3) is 0 Å². The van der Waals surface area contributed by atoms with Gasteiger partial charge in [-0.15, -0.1) is 0 Å². The Labute approximate surface area is 154 Å². The van der Waals surface area contributed by atoms with Crippen molar-refractivity contribution in [3.63, 3.8) is 0 Å². The summed E-state index contributed by atoms with van der Waals surface area (Å²) in [6.45, 7) is 8.33. The van der Waals surface area contributed by atoms with E-state index in [1.165, 1.54) is 0 Å². The summed E-state index contributed by atoms with van der Waals surface area (Å²) >= 11 is 1.65. The first-order valence-electron chi connectivity index (χ1n) is 8.49. The van der Waals surface area contributed by atoms with Crippen LogP contribution in [0.3, 0.4) is 0 Å². The first-order valence-corrected chi connectivity index (χ1v) is 13.0. The first-order chi connectivity index (χ1) is 11.9. The molecule has 0 bridgehead atoms. The fraction of sp³-hybridized carbons (Fsp3) is 0.316. The summed E-state index contributed by atoms with van der Waals surface area (Å²) in [7, 11) is -1.08. The first kappa shape index (κ1) is 18.0. The van der Waals surface area contributed by atoms with Crippen LogP contribution in [0.1, 0.15) is 0 Å². The molecule has 6 heteroatoms. The molecule has 0 saturated carbocycles. The minimum atomic E-state index is -1.08. The molecule has 2 aromatic carbocycles. The third kappa shape index (κ3) is 4.87. The van der Waals surface area contributed by atoms with Gasteiger partial charge in [-0.25, -0.2) is 4.68 Å². The number of nitrogens with two attached hydrogens (primary N) is 1. The molecule has 1 heterocycles. The Kier molecular flexibility index (Phi) is 5.51. The van der Waals surface area contributed by atoms with Crippen molar-refractivity contribution in [3.8, 4) is 0 Å². The maximum Gasteiger partial charge on any atom is 0.140 e. The maximum atomic E-state index is 5.99. The van der Waals surface area contributed by atoms with E-state index in [0.717, 1.165) is 39.2 Å². The molecule has 0 aliphatic heterocycles. The molecule has 3 rings (SSSR count). The van der Waals surface area contributed by atoms with Crippen LogP contribution in [0, 0.1) is 0 Å². The van der Waals surface area contributed by atoms with Gasteiger partial charge in [0.15, 0.2) is 0 Å². The molecule has 132 valence electrons. The van der Waals surface area contributed by atoms with Crippen LogP contribution in [0.2, 0.25) is 25.7 Å². The Balaban J connectivity index is 1.81. The van der Waals surface area contributed by atoms with E-state index in [1.807, 2.05) is 41.1 Å². The topological polar surface area (TPSA) is 53.1 Å². The zero-order valence-corrected chi connectivity index (χ0v) is 16.8. The normalized spacial score (nSPS) is 12.0. The van der Waals surface area contributed by atoms with Gasteiger partial charge in [0.2, 0.25) is 0 Å². The predicted octanol–water partition coefficient (Wildman–Crippen LogP) is 5.08. The molecule has 0 radical (unpaired) electrons. The Morgan fingerprint density at radius 1 is 1.12 bits per heavy atom. The van der Waals surface area contributed by atoms with Crippen molar-refractivity contribution >= 4 is 36.4 Å². The second-order valence-corrected chi connectivity index (χ2v) is 14.0. The molecule has 4 nitrogen and oxygen atoms in total. The molecule has 0 unspecified atom stereocenters. The minimum Gasteiger partial charge on any atom is -0.399 e. The van der Waals surface area contributed by atoms with Gasteiger partial charge in [-0.1, -0.05) is 49.6 Å². The summed E-state index contributed by atoms with van der Waals surface area (Å²) in [5.74, 6) is 0. The highest BCUT2D eigenvalue weighted by molar-refractivity contribution is 7.99. The minimum absolute atomic E-state index is 0.472. The van der Waals surface area contributed by atoms with Gasteiger partial charge >= 0.3 is 0 Å². The smallest absolute Gasteiger partial charge is 0.140 e. The molecular weight excluding hydrogens is 346 g/mol. The van der Waals surface area contributed by atoms with Crippen molar-refractivity contribution < 1.29 is 4.74 Å². The lowest BCUT2D eigenvalue weighted by Crippen LogP contribution is -2.22. The number of fused-ring (bicyclic) bond motifs is 1. The molecule has 0 saturated heterocycles. The molecule has 2 N–H and O–H groups in total. The lowest BCUT2D eigenvalue weighted by Gasteiger charge is -2.15. The highest BCUT2D eigenvalue weighted by Crippen LogP contribution is 2.33. The molecule has 0 aliphatic rings. The standard InChI is InChI=1S/C19H25N3OSSi/c1-25(2,3)12-11-23-14-22-18-10-9-15(20)13-17(18)19(21-22)24-16-7-5-4-6-8-16/h4-10,13H,11-12,14,20H2,1-3H3. The highest BCUT2D eigenvalue weighted by Gasteiger charge is 2.14. The van der Waals surface area contributed by atoms with Crippen LogP contribution in [0.5, 0.6) is 0 Å². The van der Waals surface area contributed by atoms with E-state index >= 15 is 0 Å². The summed E-state index contributed by atoms with van der Waals surface area (Å²) in [4.78, 5) is 1.16. The van der Waals surface area contributed by atoms with Gasteiger partial charge in [-0.3, -0.25) is 0 Å². The van der Waals surface area contributed by atoms with Gasteiger partial charge in [0, 0.05) is 30.6 Å². The van der Waals surface area contributed by atoms with Crippen molar-refractivity contribution in [2.24, 2.45) is 0 Å². The SMILES string of the molecule is C[Si](C)(C)CCOCn1nc(Sc2ccccc2)c2cc(N)ccc21. The largest absolute Gasteiger partial charge is 0.399 e. The number of hydrogen-bond donors (Lipinski definition) is 1. The molecule has 0 fully saturated rings. The van der Waals surface area contributed by atoms with E-state index in [9.17, 15) is 0 Å². The number of hydrogen-bond acceptors (Lipinski definition) is 4. The monoisotopic (exact) mass is 371 g/mol. The van der Waals surface area contributed by atoms with Crippen LogP contribution in [0.4, 0.5) is 5.69 Å². The van der Waals surface area contributed by atoms with Crippen molar-refractivity contribution in [2.75, 3.05) is 12.3 Å². The molecule has 0 atom stereocenters. The number of rotatable bonds is 7. The third-order valence-electron chi connectivity index (χ3n) is 3.91. The number of anilines is 1. The van der Waals surface area contributed by atoms with Crippen LogP contribution < -0.4 is 5.73 Å². The fourth-order valence-electron chi connectivity index (χ4n) is 2.47. The maximum absolute atomic E-state index is 5.99. The van der Waals surface area contributed by atoms with Crippen LogP contribution >= 0.6 is 11.8 Å². The molecule has 3 aromatic rings. The fourth-order valence-corrected chi connectivity index (χ4v) is 4.16. The average Bonchev–Trinajstić information content (AvgIpc) is 2.89. The van der Waals surface area contributed by atoms with Crippen molar-refractivity contribution in [1.82, 2.24) is 9.78 Å². The molecule has 0 spiro atoms. The highest BCUT2D eigenvalue weighted by atomic mass is 32.2. The number of nitrogens with zero attached hydrogens (tertiary/aromatic N) is 2. The molecule has 0 aliphatic carbocycles. The van der Waals surface area contributed by atoms with Gasteiger partial charge in [-0.2, -0.15) is 5.10 Å². The summed E-state index contributed by atoms with van der Waals surface area (Å²) in [6, 6.07) is 17.4. The zero-order chi connectivity index (χ0) is 17.9. The van der Waals surface area contributed by atoms with Gasteiger partial charge in [0.1, 0.15) is 11.8 Å². The van der Waals surface area contributed by atoms with Gasteiger partial charge in [0.05, 0.1) is 5.52 Å². The van der Waals surface area contributed by atoms with E-state index in [0.29, 0.717) is 6.73 Å². The lowest BCUT2D eigenvalue weighted by molar-refractivity contribution is 0.0808. The quantitative estimate of drug-likeness (QED) is 0.357. The van der Waals surface area contributed by atoms with E-state index < -0.39 is 8.07 Å². The zero-order valence-electron chi connectivity index (χ0n) is 15.0. The summed E-state index contributed by atoms with van der Waals surface area (Å²) in [5, 5.41) is 6.80. The molecule has 1 aromatic heterocycles. The lowest BCUT2D eigenvalue weighted by atomic mass is 10.2. The van der Waals surface area contributed by atoms with E-state index in [-0.39, 0.29) is 0 Å². The Bertz CT molecular complexity index is 843. The Hall–Kier alpha value is -1.76. The number of benzene rings is 2. The van der Waals surface area contributed by atoms with Crippen LogP contribution in [0.25, 0.3) is 10.9 Å². The summed E-state index contributed by atoms with van der Waals surface area (Å²) in [6.07, 6.45) is 0. The summed E-state index contributed by atoms with van der Waals surface area (Å²) in [5.41, 5.74) is 7.80. The molecule has 0 amide bonds. The third-order valence-corrected chi connectivity index (χ3v) is 6.62. The van der Waals surface area contributed by atoms with Crippen molar-refractivity contribution in [3.05, 3.63) is 48.5 Å². The number of nitrogen functional groups attached to an aromatic ring is 1. The second-order valence-electron chi connectivity index (χ2n) is 7.34. The molecule has 25 heavy (non-hydrogen) atoms. The van der Waals surface area contributed by atoms with E-state index in [2.05, 4.69) is 31.8 Å². The molecular formula is C19H25N3OSSi. The second kappa shape index (κ2) is 7.64. The predicted molar refractivity (Wildman–Crippen MR) is 109 cm³/mol. The summed E-state index contributed by atoms with van der Waals surface area (Å²) < 4.78 is 7.83. The van der Waals surface area contributed by atoms with Gasteiger partial charge < -0.3 is 10.5 Å². The van der Waals surface area contributed by atoms with E-state index in [4.69, 9.17) is 15.6 Å². The van der Waals surface area contributed by atoms with Crippen LogP contribution in [0.15, 0.2) is 58.5 Å². The van der Waals surface area contributed by atoms with Crippen molar-refractivity contribution in [2.45, 2.75) is 42.3 Å². The van der Waals surface area contributed by atoms with E-state index in [1.54, 1.807) is 11.8 Å². The van der Waals surface area contributed by atoms with Crippen LogP contribution in [-0.4, -0.2) is 24.5 Å². The van der Waals surface area contributed by atoms with Gasteiger partial charge in [-0.05, 0) is 36.4 Å². The van der Waals surface area contributed by atoms with Crippen LogP contribution in [-0.2, 0) is 11.5 Å². The Morgan fingerprint density at radius 3 is 2.60 bits per heavy atom. The number of ether oxygens (including phenoxy) is 1.